The highest BCUT2D eigenvalue weighted by atomic mass is 19.1. The Bertz CT molecular complexity index is 880. The van der Waals surface area contributed by atoms with E-state index < -0.39 is 0 Å². The summed E-state index contributed by atoms with van der Waals surface area (Å²) in [5.74, 6) is 0.694. The van der Waals surface area contributed by atoms with Crippen LogP contribution in [0, 0.1) is 12.7 Å². The van der Waals surface area contributed by atoms with Gasteiger partial charge >= 0.3 is 0 Å². The van der Waals surface area contributed by atoms with Gasteiger partial charge in [-0.2, -0.15) is 0 Å². The number of rotatable bonds is 2. The Morgan fingerprint density at radius 1 is 1.36 bits per heavy atom. The predicted octanol–water partition coefficient (Wildman–Crippen LogP) is 2.05. The summed E-state index contributed by atoms with van der Waals surface area (Å²) in [5, 5.41) is 0. The summed E-state index contributed by atoms with van der Waals surface area (Å²) >= 11 is 0. The lowest BCUT2D eigenvalue weighted by atomic mass is 9.77. The zero-order valence-electron chi connectivity index (χ0n) is 14.6. The van der Waals surface area contributed by atoms with Crippen LogP contribution < -0.4 is 10.5 Å². The van der Waals surface area contributed by atoms with Gasteiger partial charge in [-0.1, -0.05) is 6.92 Å². The summed E-state index contributed by atoms with van der Waals surface area (Å²) < 4.78 is 14.7. The summed E-state index contributed by atoms with van der Waals surface area (Å²) in [5.41, 5.74) is 1.93. The minimum absolute atomic E-state index is 0.0296. The minimum Gasteiger partial charge on any atom is -0.353 e. The number of H-pyrrole nitrogens is 1. The number of aromatic nitrogens is 4. The number of piperidine rings is 1. The first-order valence-electron chi connectivity index (χ1n) is 8.88. The lowest BCUT2D eigenvalue weighted by Gasteiger charge is -2.41. The van der Waals surface area contributed by atoms with Crippen molar-refractivity contribution in [3.63, 3.8) is 0 Å². The van der Waals surface area contributed by atoms with Gasteiger partial charge in [0.25, 0.3) is 5.56 Å². The normalized spacial score (nSPS) is 22.4. The Morgan fingerprint density at radius 3 is 3.00 bits per heavy atom. The second-order valence-corrected chi connectivity index (χ2v) is 7.10. The van der Waals surface area contributed by atoms with E-state index in [1.54, 1.807) is 0 Å². The van der Waals surface area contributed by atoms with E-state index in [4.69, 9.17) is 0 Å². The zero-order valence-corrected chi connectivity index (χ0v) is 14.6. The van der Waals surface area contributed by atoms with Crippen LogP contribution in [0.1, 0.15) is 49.0 Å². The summed E-state index contributed by atoms with van der Waals surface area (Å²) in [6, 6.07) is 0. The Morgan fingerprint density at radius 2 is 2.20 bits per heavy atom. The molecule has 2 aromatic heterocycles. The van der Waals surface area contributed by atoms with E-state index in [9.17, 15) is 9.18 Å². The largest absolute Gasteiger partial charge is 0.353 e. The first-order chi connectivity index (χ1) is 12.0. The average Bonchev–Trinajstić information content (AvgIpc) is 2.93. The molecule has 1 saturated heterocycles. The number of aryl methyl sites for hydroxylation is 2. The molecule has 6 nitrogen and oxygen atoms in total. The maximum Gasteiger partial charge on any atom is 0.254 e. The smallest absolute Gasteiger partial charge is 0.254 e. The fourth-order valence-corrected chi connectivity index (χ4v) is 4.34. The Kier molecular flexibility index (Phi) is 3.81. The summed E-state index contributed by atoms with van der Waals surface area (Å²) in [6.07, 6.45) is 5.50. The van der Waals surface area contributed by atoms with Crippen LogP contribution >= 0.6 is 0 Å². The van der Waals surface area contributed by atoms with E-state index in [0.29, 0.717) is 30.3 Å². The van der Waals surface area contributed by atoms with Crippen LogP contribution in [-0.4, -0.2) is 33.0 Å². The quantitative estimate of drug-likeness (QED) is 0.903. The number of hydrogen-bond acceptors (Lipinski definition) is 5. The van der Waals surface area contributed by atoms with Crippen molar-refractivity contribution < 1.29 is 4.39 Å². The van der Waals surface area contributed by atoms with Gasteiger partial charge in [-0.15, -0.1) is 0 Å². The first-order valence-corrected chi connectivity index (χ1v) is 8.88. The molecule has 132 valence electrons. The highest BCUT2D eigenvalue weighted by Crippen LogP contribution is 2.43. The fourth-order valence-electron chi connectivity index (χ4n) is 4.34. The minimum atomic E-state index is -0.324. The first kappa shape index (κ1) is 16.2. The highest BCUT2D eigenvalue weighted by molar-refractivity contribution is 5.45. The molecular weight excluding hydrogens is 321 g/mol. The molecule has 1 aliphatic carbocycles. The van der Waals surface area contributed by atoms with E-state index >= 15 is 0 Å². The van der Waals surface area contributed by atoms with Crippen LogP contribution in [0.25, 0.3) is 0 Å². The third-order valence-electron chi connectivity index (χ3n) is 5.54. The number of fused-ring (bicyclic) bond motifs is 2. The van der Waals surface area contributed by atoms with Crippen LogP contribution in [0.3, 0.4) is 0 Å². The standard InChI is InChI=1S/C18H22FN5O/c1-3-13-14(19)16(21-10-20-13)24-8-4-6-18(9-24)7-5-12-15(18)22-11(2)23-17(12)25/h10H,3-9H2,1-2H3,(H,22,23,25). The van der Waals surface area contributed by atoms with Gasteiger partial charge in [0, 0.05) is 24.1 Å². The van der Waals surface area contributed by atoms with E-state index in [2.05, 4.69) is 19.9 Å². The van der Waals surface area contributed by atoms with Crippen molar-refractivity contribution in [2.45, 2.75) is 51.4 Å². The molecule has 1 fully saturated rings. The molecule has 1 aliphatic heterocycles. The van der Waals surface area contributed by atoms with Crippen molar-refractivity contribution in [1.29, 1.82) is 0 Å². The zero-order chi connectivity index (χ0) is 17.6. The SMILES string of the molecule is CCc1ncnc(N2CCCC3(CCc4c3nc(C)[nH]c4=O)C2)c1F. The molecule has 0 radical (unpaired) electrons. The number of hydrogen-bond donors (Lipinski definition) is 1. The molecule has 0 bridgehead atoms. The molecule has 0 amide bonds. The third-order valence-corrected chi connectivity index (χ3v) is 5.54. The molecule has 7 heteroatoms. The molecule has 25 heavy (non-hydrogen) atoms. The van der Waals surface area contributed by atoms with Gasteiger partial charge in [0.2, 0.25) is 0 Å². The van der Waals surface area contributed by atoms with Crippen molar-refractivity contribution in [3.8, 4) is 0 Å². The van der Waals surface area contributed by atoms with Gasteiger partial charge < -0.3 is 9.88 Å². The molecule has 2 aromatic rings. The van der Waals surface area contributed by atoms with Crippen molar-refractivity contribution in [2.75, 3.05) is 18.0 Å². The van der Waals surface area contributed by atoms with Gasteiger partial charge in [-0.3, -0.25) is 4.79 Å². The Balaban J connectivity index is 1.74. The Hall–Kier alpha value is -2.31. The summed E-state index contributed by atoms with van der Waals surface area (Å²) in [6.45, 7) is 5.11. The molecule has 1 atom stereocenters. The van der Waals surface area contributed by atoms with Crippen LogP contribution in [0.2, 0.25) is 0 Å². The molecule has 2 aliphatic rings. The molecule has 1 spiro atoms. The van der Waals surface area contributed by atoms with E-state index in [0.717, 1.165) is 43.5 Å². The van der Waals surface area contributed by atoms with Crippen LogP contribution in [0.4, 0.5) is 10.2 Å². The topological polar surface area (TPSA) is 74.8 Å². The van der Waals surface area contributed by atoms with Crippen molar-refractivity contribution in [2.24, 2.45) is 0 Å². The van der Waals surface area contributed by atoms with Gasteiger partial charge in [-0.05, 0) is 39.0 Å². The van der Waals surface area contributed by atoms with E-state index in [1.165, 1.54) is 6.33 Å². The third kappa shape index (κ3) is 2.53. The summed E-state index contributed by atoms with van der Waals surface area (Å²) in [7, 11) is 0. The van der Waals surface area contributed by atoms with Crippen LogP contribution in [-0.2, 0) is 18.3 Å². The number of aromatic amines is 1. The lowest BCUT2D eigenvalue weighted by molar-refractivity contribution is 0.330. The van der Waals surface area contributed by atoms with Gasteiger partial charge in [0.05, 0.1) is 11.4 Å². The number of anilines is 1. The Labute approximate surface area is 145 Å². The molecule has 0 aromatic carbocycles. The second kappa shape index (κ2) is 5.89. The monoisotopic (exact) mass is 343 g/mol. The number of nitrogens with one attached hydrogen (secondary N) is 1. The molecule has 3 heterocycles. The van der Waals surface area contributed by atoms with E-state index in [-0.39, 0.29) is 16.8 Å². The van der Waals surface area contributed by atoms with Crippen molar-refractivity contribution in [3.05, 3.63) is 45.3 Å². The molecule has 1 N–H and O–H groups in total. The van der Waals surface area contributed by atoms with Crippen LogP contribution in [0.5, 0.6) is 0 Å². The molecular formula is C18H22FN5O. The fraction of sp³-hybridized carbons (Fsp3) is 0.556. The van der Waals surface area contributed by atoms with Gasteiger partial charge in [0.1, 0.15) is 12.2 Å². The molecule has 0 saturated carbocycles. The lowest BCUT2D eigenvalue weighted by Crippen LogP contribution is -2.46. The second-order valence-electron chi connectivity index (χ2n) is 7.10. The molecule has 4 rings (SSSR count). The van der Waals surface area contributed by atoms with Gasteiger partial charge in [0.15, 0.2) is 11.6 Å². The van der Waals surface area contributed by atoms with Gasteiger partial charge in [-0.25, -0.2) is 19.3 Å². The van der Waals surface area contributed by atoms with E-state index in [1.807, 2.05) is 18.7 Å². The maximum atomic E-state index is 14.7. The number of nitrogens with zero attached hydrogens (tertiary/aromatic N) is 4. The maximum absolute atomic E-state index is 14.7. The van der Waals surface area contributed by atoms with Crippen molar-refractivity contribution >= 4 is 5.82 Å². The van der Waals surface area contributed by atoms with Crippen molar-refractivity contribution in [1.82, 2.24) is 19.9 Å². The predicted molar refractivity (Wildman–Crippen MR) is 92.4 cm³/mol. The summed E-state index contributed by atoms with van der Waals surface area (Å²) in [4.78, 5) is 30.0. The number of halogens is 1. The molecule has 1 unspecified atom stereocenters. The van der Waals surface area contributed by atoms with Crippen LogP contribution in [0.15, 0.2) is 11.1 Å². The highest BCUT2D eigenvalue weighted by Gasteiger charge is 2.45. The average molecular weight is 343 g/mol.